The molecule has 0 saturated heterocycles. The van der Waals surface area contributed by atoms with Gasteiger partial charge >= 0.3 is 5.82 Å². The zero-order valence-corrected chi connectivity index (χ0v) is 8.73. The third-order valence-corrected chi connectivity index (χ3v) is 2.43. The lowest BCUT2D eigenvalue weighted by Crippen LogP contribution is -1.99. The van der Waals surface area contributed by atoms with Crippen molar-refractivity contribution in [3.8, 4) is 5.75 Å². The maximum absolute atomic E-state index is 10.4. The molecule has 0 N–H and O–H groups in total. The smallest absolute Gasteiger partial charge is 0.364 e. The van der Waals surface area contributed by atoms with E-state index in [-0.39, 0.29) is 11.9 Å². The molecule has 1 aromatic rings. The van der Waals surface area contributed by atoms with Crippen LogP contribution in [-0.4, -0.2) is 16.0 Å². The Morgan fingerprint density at radius 1 is 1.64 bits per heavy atom. The molecule has 1 aliphatic carbocycles. The molecule has 6 heteroatoms. The van der Waals surface area contributed by atoms with Gasteiger partial charge in [-0.3, -0.25) is 0 Å². The molecule has 0 amide bonds. The summed E-state index contributed by atoms with van der Waals surface area (Å²) in [5, 5.41) is 10.4. The van der Waals surface area contributed by atoms with Gasteiger partial charge in [0.2, 0.25) is 0 Å². The van der Waals surface area contributed by atoms with E-state index in [0.717, 1.165) is 12.8 Å². The summed E-state index contributed by atoms with van der Waals surface area (Å²) in [6.45, 7) is 0. The molecule has 0 bridgehead atoms. The predicted octanol–water partition coefficient (Wildman–Crippen LogP) is 2.29. The molecule has 74 valence electrons. The van der Waals surface area contributed by atoms with Crippen LogP contribution in [0.1, 0.15) is 12.8 Å². The Morgan fingerprint density at radius 3 is 2.86 bits per heavy atom. The lowest BCUT2D eigenvalue weighted by Gasteiger charge is -2.03. The number of ether oxygens (including phenoxy) is 1. The molecule has 0 spiro atoms. The van der Waals surface area contributed by atoms with Gasteiger partial charge in [-0.05, 0) is 38.7 Å². The van der Waals surface area contributed by atoms with Crippen LogP contribution in [0.3, 0.4) is 0 Å². The topological polar surface area (TPSA) is 65.3 Å². The minimum Gasteiger partial charge on any atom is -0.485 e. The lowest BCUT2D eigenvalue weighted by molar-refractivity contribution is -0.389. The fourth-order valence-corrected chi connectivity index (χ4v) is 1.36. The van der Waals surface area contributed by atoms with Gasteiger partial charge in [-0.25, -0.2) is 0 Å². The highest BCUT2D eigenvalue weighted by molar-refractivity contribution is 9.10. The van der Waals surface area contributed by atoms with Crippen molar-refractivity contribution in [3.63, 3.8) is 0 Å². The van der Waals surface area contributed by atoms with Crippen LogP contribution in [0.25, 0.3) is 0 Å². The maximum atomic E-state index is 10.4. The van der Waals surface area contributed by atoms with Gasteiger partial charge in [0.25, 0.3) is 0 Å². The molecule has 5 nitrogen and oxygen atoms in total. The summed E-state index contributed by atoms with van der Waals surface area (Å²) >= 11 is 3.20. The van der Waals surface area contributed by atoms with Crippen molar-refractivity contribution in [2.75, 3.05) is 0 Å². The van der Waals surface area contributed by atoms with Gasteiger partial charge in [-0.2, -0.15) is 0 Å². The largest absolute Gasteiger partial charge is 0.485 e. The van der Waals surface area contributed by atoms with Gasteiger partial charge in [-0.15, -0.1) is 0 Å². The molecule has 1 fully saturated rings. The number of pyridine rings is 1. The molecule has 1 heterocycles. The van der Waals surface area contributed by atoms with Crippen LogP contribution < -0.4 is 4.74 Å². The number of hydrogen-bond acceptors (Lipinski definition) is 4. The van der Waals surface area contributed by atoms with E-state index in [9.17, 15) is 10.1 Å². The molecule has 1 saturated carbocycles. The molecular weight excluding hydrogens is 252 g/mol. The number of nitrogens with zero attached hydrogens (tertiary/aromatic N) is 2. The Hall–Kier alpha value is -1.17. The van der Waals surface area contributed by atoms with Crippen LogP contribution in [0.15, 0.2) is 16.7 Å². The summed E-state index contributed by atoms with van der Waals surface area (Å²) in [7, 11) is 0. The highest BCUT2D eigenvalue weighted by Gasteiger charge is 2.25. The molecule has 1 aliphatic rings. The monoisotopic (exact) mass is 258 g/mol. The van der Waals surface area contributed by atoms with Crippen LogP contribution in [0, 0.1) is 10.1 Å². The summed E-state index contributed by atoms with van der Waals surface area (Å²) in [6.07, 6.45) is 3.72. The molecule has 14 heavy (non-hydrogen) atoms. The predicted molar refractivity (Wildman–Crippen MR) is 52.2 cm³/mol. The van der Waals surface area contributed by atoms with Crippen molar-refractivity contribution in [2.45, 2.75) is 18.9 Å². The van der Waals surface area contributed by atoms with Crippen LogP contribution in [0.5, 0.6) is 5.75 Å². The Balaban J connectivity index is 2.21. The highest BCUT2D eigenvalue weighted by atomic mass is 79.9. The SMILES string of the molecule is O=[N+]([O-])c1cc(Br)c(OC2CC2)cn1. The second-order valence-electron chi connectivity index (χ2n) is 3.05. The first-order valence-corrected chi connectivity index (χ1v) is 4.92. The Morgan fingerprint density at radius 2 is 2.36 bits per heavy atom. The fraction of sp³-hybridized carbons (Fsp3) is 0.375. The Kier molecular flexibility index (Phi) is 2.37. The first kappa shape index (κ1) is 9.39. The molecular formula is C8H7BrN2O3. The number of rotatable bonds is 3. The Bertz CT molecular complexity index is 379. The van der Waals surface area contributed by atoms with E-state index in [1.54, 1.807) is 0 Å². The highest BCUT2D eigenvalue weighted by Crippen LogP contribution is 2.32. The van der Waals surface area contributed by atoms with Crippen molar-refractivity contribution in [2.24, 2.45) is 0 Å². The third kappa shape index (κ3) is 2.01. The molecule has 1 aromatic heterocycles. The first-order chi connectivity index (χ1) is 6.66. The quantitative estimate of drug-likeness (QED) is 0.617. The van der Waals surface area contributed by atoms with Crippen molar-refractivity contribution in [1.82, 2.24) is 4.98 Å². The van der Waals surface area contributed by atoms with Crippen molar-refractivity contribution in [1.29, 1.82) is 0 Å². The zero-order chi connectivity index (χ0) is 10.1. The molecule has 0 aromatic carbocycles. The number of aromatic nitrogens is 1. The van der Waals surface area contributed by atoms with Crippen LogP contribution in [0.4, 0.5) is 5.82 Å². The third-order valence-electron chi connectivity index (χ3n) is 1.81. The molecule has 0 unspecified atom stereocenters. The average Bonchev–Trinajstić information content (AvgIpc) is 2.92. The summed E-state index contributed by atoms with van der Waals surface area (Å²) in [5.41, 5.74) is 0. The van der Waals surface area contributed by atoms with E-state index < -0.39 is 4.92 Å². The van der Waals surface area contributed by atoms with Crippen LogP contribution in [-0.2, 0) is 0 Å². The van der Waals surface area contributed by atoms with Crippen LogP contribution >= 0.6 is 15.9 Å². The van der Waals surface area contributed by atoms with Gasteiger partial charge in [-0.1, -0.05) is 0 Å². The van der Waals surface area contributed by atoms with E-state index >= 15 is 0 Å². The minimum absolute atomic E-state index is 0.181. The van der Waals surface area contributed by atoms with Gasteiger partial charge in [0.05, 0.1) is 16.6 Å². The number of nitro groups is 1. The van der Waals surface area contributed by atoms with Gasteiger partial charge in [0.15, 0.2) is 11.9 Å². The summed E-state index contributed by atoms with van der Waals surface area (Å²) in [6, 6.07) is 1.34. The minimum atomic E-state index is -0.536. The number of halogens is 1. The molecule has 2 rings (SSSR count). The molecule has 0 aliphatic heterocycles. The van der Waals surface area contributed by atoms with E-state index in [0.29, 0.717) is 10.2 Å². The van der Waals surface area contributed by atoms with E-state index in [1.807, 2.05) is 0 Å². The van der Waals surface area contributed by atoms with Gasteiger partial charge in [0, 0.05) is 0 Å². The summed E-state index contributed by atoms with van der Waals surface area (Å²) in [4.78, 5) is 13.5. The molecule has 0 radical (unpaired) electrons. The normalized spacial score (nSPS) is 15.2. The van der Waals surface area contributed by atoms with Crippen LogP contribution in [0.2, 0.25) is 0 Å². The second kappa shape index (κ2) is 3.53. The van der Waals surface area contributed by atoms with Gasteiger partial charge < -0.3 is 14.9 Å². The first-order valence-electron chi connectivity index (χ1n) is 4.13. The molecule has 0 atom stereocenters. The van der Waals surface area contributed by atoms with Crippen molar-refractivity contribution >= 4 is 21.7 Å². The summed E-state index contributed by atoms with van der Waals surface area (Å²) in [5.74, 6) is 0.387. The zero-order valence-electron chi connectivity index (χ0n) is 7.14. The standard InChI is InChI=1S/C8H7BrN2O3/c9-6-3-8(11(12)13)10-4-7(6)14-5-1-2-5/h3-5H,1-2H2. The van der Waals surface area contributed by atoms with E-state index in [2.05, 4.69) is 20.9 Å². The van der Waals surface area contributed by atoms with Crippen molar-refractivity contribution in [3.05, 3.63) is 26.9 Å². The Labute approximate surface area is 88.4 Å². The average molecular weight is 259 g/mol. The van der Waals surface area contributed by atoms with E-state index in [1.165, 1.54) is 12.3 Å². The lowest BCUT2D eigenvalue weighted by atomic mass is 10.4. The fourth-order valence-electron chi connectivity index (χ4n) is 0.960. The maximum Gasteiger partial charge on any atom is 0.364 e. The summed E-state index contributed by atoms with van der Waals surface area (Å²) < 4.78 is 6.03. The second-order valence-corrected chi connectivity index (χ2v) is 3.90. The van der Waals surface area contributed by atoms with E-state index in [4.69, 9.17) is 4.74 Å². The van der Waals surface area contributed by atoms with Crippen molar-refractivity contribution < 1.29 is 9.66 Å². The number of hydrogen-bond donors (Lipinski definition) is 0. The van der Waals surface area contributed by atoms with Gasteiger partial charge in [0.1, 0.15) is 0 Å².